The summed E-state index contributed by atoms with van der Waals surface area (Å²) in [5, 5.41) is 14.8. The van der Waals surface area contributed by atoms with Crippen molar-refractivity contribution in [3.63, 3.8) is 0 Å². The van der Waals surface area contributed by atoms with Gasteiger partial charge >= 0.3 is 5.97 Å². The van der Waals surface area contributed by atoms with Crippen molar-refractivity contribution >= 4 is 56.6 Å². The Morgan fingerprint density at radius 1 is 1.14 bits per heavy atom. The maximum atomic E-state index is 13.4. The first kappa shape index (κ1) is 22.8. The van der Waals surface area contributed by atoms with Crippen molar-refractivity contribution in [1.29, 1.82) is 0 Å². The first-order valence-corrected chi connectivity index (χ1v) is 11.7. The fourth-order valence-electron chi connectivity index (χ4n) is 3.54. The molecule has 174 valence electrons. The molecule has 0 bridgehead atoms. The molecule has 3 aromatic carbocycles. The second-order valence-electron chi connectivity index (χ2n) is 7.75. The van der Waals surface area contributed by atoms with Crippen molar-refractivity contribution in [2.24, 2.45) is 5.10 Å². The average Bonchev–Trinajstić information content (AvgIpc) is 3.29. The number of carboxylic acids is 1. The fourth-order valence-corrected chi connectivity index (χ4v) is 4.21. The lowest BCUT2D eigenvalue weighted by Crippen LogP contribution is -2.23. The summed E-state index contributed by atoms with van der Waals surface area (Å²) < 4.78 is 13.4. The van der Waals surface area contributed by atoms with E-state index in [1.807, 2.05) is 36.4 Å². The largest absolute Gasteiger partial charge is 0.479 e. The fraction of sp³-hybridized carbons (Fsp3) is 0.0769. The molecule has 5 aromatic rings. The van der Waals surface area contributed by atoms with Crippen molar-refractivity contribution in [2.75, 3.05) is 0 Å². The number of benzene rings is 3. The SMILES string of the molecule is C[C@@H](Oc1ccc(C=Nn2c(-c3cc4ccccc4o3)nc3ccccc3c2=O)cc1I)C(=O)O. The topological polar surface area (TPSA) is 107 Å². The third-order valence-electron chi connectivity index (χ3n) is 5.33. The molecule has 0 radical (unpaired) electrons. The van der Waals surface area contributed by atoms with Gasteiger partial charge in [-0.05, 0) is 77.5 Å². The maximum absolute atomic E-state index is 13.4. The molecule has 0 spiro atoms. The van der Waals surface area contributed by atoms with Gasteiger partial charge in [-0.15, -0.1) is 0 Å². The van der Waals surface area contributed by atoms with Gasteiger partial charge in [-0.25, -0.2) is 9.78 Å². The van der Waals surface area contributed by atoms with Crippen LogP contribution in [0.15, 0.2) is 87.1 Å². The van der Waals surface area contributed by atoms with Crippen LogP contribution in [0.1, 0.15) is 12.5 Å². The number of hydrogen-bond acceptors (Lipinski definition) is 6. The zero-order valence-corrected chi connectivity index (χ0v) is 20.5. The van der Waals surface area contributed by atoms with E-state index in [4.69, 9.17) is 14.3 Å². The zero-order chi connectivity index (χ0) is 24.5. The van der Waals surface area contributed by atoms with Gasteiger partial charge in [0, 0.05) is 5.39 Å². The number of para-hydroxylation sites is 2. The Morgan fingerprint density at radius 3 is 2.69 bits per heavy atom. The predicted molar refractivity (Wildman–Crippen MR) is 141 cm³/mol. The Bertz CT molecular complexity index is 1640. The molecule has 2 aromatic heterocycles. The van der Waals surface area contributed by atoms with E-state index in [1.54, 1.807) is 36.4 Å². The van der Waals surface area contributed by atoms with Crippen LogP contribution in [-0.4, -0.2) is 33.1 Å². The Kier molecular flexibility index (Phi) is 6.08. The molecular formula is C26H18IN3O5. The minimum Gasteiger partial charge on any atom is -0.479 e. The first-order chi connectivity index (χ1) is 16.9. The van der Waals surface area contributed by atoms with Gasteiger partial charge in [0.05, 0.1) is 20.7 Å². The van der Waals surface area contributed by atoms with Gasteiger partial charge in [0.25, 0.3) is 5.56 Å². The van der Waals surface area contributed by atoms with Crippen molar-refractivity contribution in [3.05, 3.63) is 92.3 Å². The molecule has 0 unspecified atom stereocenters. The molecule has 5 rings (SSSR count). The minimum absolute atomic E-state index is 0.283. The molecule has 0 amide bonds. The van der Waals surface area contributed by atoms with Crippen LogP contribution in [0, 0.1) is 3.57 Å². The Labute approximate surface area is 212 Å². The maximum Gasteiger partial charge on any atom is 0.344 e. The molecule has 2 heterocycles. The number of furan rings is 1. The Morgan fingerprint density at radius 2 is 1.91 bits per heavy atom. The molecule has 0 aliphatic carbocycles. The third kappa shape index (κ3) is 4.54. The van der Waals surface area contributed by atoms with Crippen molar-refractivity contribution in [2.45, 2.75) is 13.0 Å². The standard InChI is InChI=1S/C26H18IN3O5/c1-15(26(32)33)34-22-11-10-16(12-19(22)27)14-28-30-24(23-13-17-6-2-5-9-21(17)35-23)29-20-8-4-3-7-18(20)25(30)31/h2-15H,1H3,(H,32,33)/t15-/m1/s1. The summed E-state index contributed by atoms with van der Waals surface area (Å²) in [7, 11) is 0. The smallest absolute Gasteiger partial charge is 0.344 e. The van der Waals surface area contributed by atoms with Crippen molar-refractivity contribution in [3.8, 4) is 17.3 Å². The van der Waals surface area contributed by atoms with Crippen LogP contribution < -0.4 is 10.3 Å². The normalized spacial score (nSPS) is 12.4. The summed E-state index contributed by atoms with van der Waals surface area (Å²) >= 11 is 2.06. The lowest BCUT2D eigenvalue weighted by molar-refractivity contribution is -0.144. The highest BCUT2D eigenvalue weighted by molar-refractivity contribution is 14.1. The molecular weight excluding hydrogens is 561 g/mol. The number of hydrogen-bond donors (Lipinski definition) is 1. The number of carbonyl (C=O) groups is 1. The van der Waals surface area contributed by atoms with E-state index in [1.165, 1.54) is 17.8 Å². The molecule has 0 fully saturated rings. The van der Waals surface area contributed by atoms with E-state index in [0.717, 1.165) is 5.39 Å². The zero-order valence-electron chi connectivity index (χ0n) is 18.4. The predicted octanol–water partition coefficient (Wildman–Crippen LogP) is 5.15. The van der Waals surface area contributed by atoms with Gasteiger partial charge in [-0.1, -0.05) is 30.3 Å². The molecule has 0 aliphatic rings. The number of aromatic nitrogens is 2. The second kappa shape index (κ2) is 9.34. The number of rotatable bonds is 6. The Hall–Kier alpha value is -3.99. The van der Waals surface area contributed by atoms with Gasteiger partial charge in [0.1, 0.15) is 11.3 Å². The number of fused-ring (bicyclic) bond motifs is 2. The number of ether oxygens (including phenoxy) is 1. The van der Waals surface area contributed by atoms with Gasteiger partial charge in [0.2, 0.25) is 5.82 Å². The monoisotopic (exact) mass is 579 g/mol. The van der Waals surface area contributed by atoms with E-state index in [-0.39, 0.29) is 11.4 Å². The quantitative estimate of drug-likeness (QED) is 0.220. The third-order valence-corrected chi connectivity index (χ3v) is 6.17. The van der Waals surface area contributed by atoms with Gasteiger partial charge < -0.3 is 14.3 Å². The highest BCUT2D eigenvalue weighted by Crippen LogP contribution is 2.27. The molecule has 1 atom stereocenters. The first-order valence-electron chi connectivity index (χ1n) is 10.6. The van der Waals surface area contributed by atoms with E-state index < -0.39 is 12.1 Å². The molecule has 0 saturated carbocycles. The minimum atomic E-state index is -1.05. The Balaban J connectivity index is 1.59. The van der Waals surface area contributed by atoms with Crippen molar-refractivity contribution in [1.82, 2.24) is 9.66 Å². The van der Waals surface area contributed by atoms with E-state index in [9.17, 15) is 9.59 Å². The summed E-state index contributed by atoms with van der Waals surface area (Å²) in [5.41, 5.74) is 1.59. The van der Waals surface area contributed by atoms with Gasteiger partial charge in [-0.3, -0.25) is 4.79 Å². The van der Waals surface area contributed by atoms with Crippen molar-refractivity contribution < 1.29 is 19.1 Å². The lowest BCUT2D eigenvalue weighted by Gasteiger charge is -2.12. The molecule has 35 heavy (non-hydrogen) atoms. The molecule has 8 nitrogen and oxygen atoms in total. The van der Waals surface area contributed by atoms with Crippen LogP contribution in [-0.2, 0) is 4.79 Å². The van der Waals surface area contributed by atoms with Crippen LogP contribution in [0.5, 0.6) is 5.75 Å². The lowest BCUT2D eigenvalue weighted by atomic mass is 10.2. The molecule has 0 saturated heterocycles. The summed E-state index contributed by atoms with van der Waals surface area (Å²) in [5.74, 6) is 0.108. The van der Waals surface area contributed by atoms with Crippen LogP contribution >= 0.6 is 22.6 Å². The van der Waals surface area contributed by atoms with Gasteiger partial charge in [0.15, 0.2) is 11.9 Å². The number of halogens is 1. The van der Waals surface area contributed by atoms with Crippen LogP contribution in [0.3, 0.4) is 0 Å². The number of nitrogens with zero attached hydrogens (tertiary/aromatic N) is 3. The molecule has 1 N–H and O–H groups in total. The van der Waals surface area contributed by atoms with E-state index in [0.29, 0.717) is 37.1 Å². The van der Waals surface area contributed by atoms with E-state index >= 15 is 0 Å². The summed E-state index contributed by atoms with van der Waals surface area (Å²) in [6, 6.07) is 21.7. The molecule has 9 heteroatoms. The van der Waals surface area contributed by atoms with Crippen LogP contribution in [0.2, 0.25) is 0 Å². The average molecular weight is 579 g/mol. The van der Waals surface area contributed by atoms with Crippen LogP contribution in [0.25, 0.3) is 33.5 Å². The highest BCUT2D eigenvalue weighted by Gasteiger charge is 2.17. The molecule has 0 aliphatic heterocycles. The summed E-state index contributed by atoms with van der Waals surface area (Å²) in [6.07, 6.45) is 0.563. The summed E-state index contributed by atoms with van der Waals surface area (Å²) in [6.45, 7) is 1.46. The number of aliphatic carboxylic acids is 1. The highest BCUT2D eigenvalue weighted by atomic mass is 127. The number of carboxylic acid groups (broad SMARTS) is 1. The van der Waals surface area contributed by atoms with Crippen LogP contribution in [0.4, 0.5) is 0 Å². The van der Waals surface area contributed by atoms with Gasteiger partial charge in [-0.2, -0.15) is 9.78 Å². The van der Waals surface area contributed by atoms with E-state index in [2.05, 4.69) is 32.7 Å². The second-order valence-corrected chi connectivity index (χ2v) is 8.91. The summed E-state index contributed by atoms with van der Waals surface area (Å²) in [4.78, 5) is 29.1.